The summed E-state index contributed by atoms with van der Waals surface area (Å²) in [6.45, 7) is 14.1. The molecule has 0 aliphatic carbocycles. The predicted octanol–water partition coefficient (Wildman–Crippen LogP) is 6.31. The molecule has 0 aliphatic rings. The number of carbonyl (C=O) groups excluding carboxylic acids is 3. The third-order valence-electron chi connectivity index (χ3n) is 6.66. The molecule has 2 aromatic rings. The first-order chi connectivity index (χ1) is 18.5. The van der Waals surface area contributed by atoms with Crippen LogP contribution in [0.1, 0.15) is 90.0 Å². The van der Waals surface area contributed by atoms with Crippen molar-refractivity contribution in [3.63, 3.8) is 0 Å². The summed E-state index contributed by atoms with van der Waals surface area (Å²) >= 11 is 0. The molecule has 2 N–H and O–H groups in total. The van der Waals surface area contributed by atoms with Crippen LogP contribution in [0.4, 0.5) is 4.79 Å². The van der Waals surface area contributed by atoms with Gasteiger partial charge in [0.05, 0.1) is 0 Å². The van der Waals surface area contributed by atoms with Gasteiger partial charge in [-0.1, -0.05) is 100 Å². The minimum Gasteiger partial charge on any atom is -0.444 e. The summed E-state index contributed by atoms with van der Waals surface area (Å²) in [6, 6.07) is 15.7. The predicted molar refractivity (Wildman–Crippen MR) is 156 cm³/mol. The minimum absolute atomic E-state index is 0.163. The molecule has 0 spiro atoms. The average molecular weight is 538 g/mol. The fourth-order valence-corrected chi connectivity index (χ4v) is 4.39. The molecule has 2 rings (SSSR count). The van der Waals surface area contributed by atoms with Crippen molar-refractivity contribution in [1.29, 1.82) is 0 Å². The van der Waals surface area contributed by atoms with E-state index in [-0.39, 0.29) is 17.7 Å². The number of aryl methyl sites for hydroxylation is 1. The first kappa shape index (κ1) is 31.9. The van der Waals surface area contributed by atoms with E-state index in [2.05, 4.69) is 17.6 Å². The molecule has 7 heteroatoms. The highest BCUT2D eigenvalue weighted by atomic mass is 16.6. The number of unbranched alkanes of at least 4 members (excludes halogenated alkanes) is 2. The van der Waals surface area contributed by atoms with Crippen molar-refractivity contribution in [1.82, 2.24) is 15.5 Å². The molecule has 0 saturated carbocycles. The fourth-order valence-electron chi connectivity index (χ4n) is 4.39. The number of ether oxygens (including phenoxy) is 1. The van der Waals surface area contributed by atoms with E-state index in [0.29, 0.717) is 19.5 Å². The van der Waals surface area contributed by atoms with Crippen LogP contribution in [-0.2, 0) is 20.9 Å². The lowest BCUT2D eigenvalue weighted by Gasteiger charge is -2.36. The van der Waals surface area contributed by atoms with Crippen molar-refractivity contribution < 1.29 is 19.1 Å². The topological polar surface area (TPSA) is 87.7 Å². The maximum absolute atomic E-state index is 14.3. The van der Waals surface area contributed by atoms with E-state index in [0.717, 1.165) is 36.0 Å². The van der Waals surface area contributed by atoms with Gasteiger partial charge in [-0.25, -0.2) is 4.79 Å². The van der Waals surface area contributed by atoms with Gasteiger partial charge in [0.2, 0.25) is 11.8 Å². The van der Waals surface area contributed by atoms with Gasteiger partial charge < -0.3 is 20.3 Å². The largest absolute Gasteiger partial charge is 0.444 e. The highest BCUT2D eigenvalue weighted by molar-refractivity contribution is 5.92. The Morgan fingerprint density at radius 3 is 2.26 bits per heavy atom. The molecule has 0 bridgehead atoms. The van der Waals surface area contributed by atoms with Crippen LogP contribution in [0, 0.1) is 12.8 Å². The van der Waals surface area contributed by atoms with E-state index >= 15 is 0 Å². The number of hydrogen-bond acceptors (Lipinski definition) is 4. The second-order valence-corrected chi connectivity index (χ2v) is 11.3. The van der Waals surface area contributed by atoms with E-state index in [1.54, 1.807) is 25.7 Å². The Labute approximate surface area is 234 Å². The van der Waals surface area contributed by atoms with Crippen LogP contribution in [0.5, 0.6) is 0 Å². The summed E-state index contributed by atoms with van der Waals surface area (Å²) in [5.41, 5.74) is 2.02. The molecule has 0 heterocycles. The maximum Gasteiger partial charge on any atom is 0.408 e. The van der Waals surface area contributed by atoms with Crippen LogP contribution < -0.4 is 10.6 Å². The molecule has 2 aromatic carbocycles. The molecular weight excluding hydrogens is 490 g/mol. The van der Waals surface area contributed by atoms with Crippen LogP contribution in [0.15, 0.2) is 54.6 Å². The van der Waals surface area contributed by atoms with E-state index in [4.69, 9.17) is 4.74 Å². The lowest BCUT2D eigenvalue weighted by molar-refractivity contribution is -0.143. The standard InChI is InChI=1S/C32H47N3O4/c1-8-10-14-20-35(30(37)27(24(4)9-2)34-31(38)39-32(5,6)7)28(26-19-15-16-23(3)21-26)29(36)33-22-25-17-12-11-13-18-25/h11-13,15-19,21,24,27-28H,8-10,14,20,22H2,1-7H3,(H,33,36)(H,34,38). The van der Waals surface area contributed by atoms with Crippen LogP contribution >= 0.6 is 0 Å². The van der Waals surface area contributed by atoms with Crippen molar-refractivity contribution >= 4 is 17.9 Å². The highest BCUT2D eigenvalue weighted by Crippen LogP contribution is 2.26. The molecular formula is C32H47N3O4. The van der Waals surface area contributed by atoms with Gasteiger partial charge in [0.1, 0.15) is 17.7 Å². The normalized spacial score (nSPS) is 13.6. The zero-order chi connectivity index (χ0) is 29.0. The second-order valence-electron chi connectivity index (χ2n) is 11.3. The maximum atomic E-state index is 14.3. The summed E-state index contributed by atoms with van der Waals surface area (Å²) in [5, 5.41) is 5.88. The SMILES string of the molecule is CCCCCN(C(=O)C(NC(=O)OC(C)(C)C)C(C)CC)C(C(=O)NCc1ccccc1)c1cccc(C)c1. The van der Waals surface area contributed by atoms with Crippen molar-refractivity contribution in [2.75, 3.05) is 6.54 Å². The van der Waals surface area contributed by atoms with Crippen LogP contribution in [0.2, 0.25) is 0 Å². The van der Waals surface area contributed by atoms with E-state index < -0.39 is 23.8 Å². The smallest absolute Gasteiger partial charge is 0.408 e. The van der Waals surface area contributed by atoms with Gasteiger partial charge in [0.15, 0.2) is 0 Å². The summed E-state index contributed by atoms with van der Waals surface area (Å²) in [4.78, 5) is 42.6. The second kappa shape index (κ2) is 15.3. The Hall–Kier alpha value is -3.35. The zero-order valence-corrected chi connectivity index (χ0v) is 24.8. The number of carbonyl (C=O) groups is 3. The van der Waals surface area contributed by atoms with Crippen molar-refractivity contribution in [2.24, 2.45) is 5.92 Å². The summed E-state index contributed by atoms with van der Waals surface area (Å²) < 4.78 is 5.49. The molecule has 3 atom stereocenters. The van der Waals surface area contributed by atoms with Gasteiger partial charge in [-0.3, -0.25) is 9.59 Å². The molecule has 39 heavy (non-hydrogen) atoms. The average Bonchev–Trinajstić information content (AvgIpc) is 2.89. The Bertz CT molecular complexity index is 1060. The molecule has 0 saturated heterocycles. The van der Waals surface area contributed by atoms with Gasteiger partial charge in [0.25, 0.3) is 0 Å². The quantitative estimate of drug-likeness (QED) is 0.293. The van der Waals surface area contributed by atoms with E-state index in [1.165, 1.54) is 0 Å². The molecule has 0 fully saturated rings. The van der Waals surface area contributed by atoms with Gasteiger partial charge in [-0.05, 0) is 51.2 Å². The van der Waals surface area contributed by atoms with Crippen molar-refractivity contribution in [2.45, 2.75) is 98.4 Å². The Kier molecular flexibility index (Phi) is 12.5. The zero-order valence-electron chi connectivity index (χ0n) is 24.8. The molecule has 7 nitrogen and oxygen atoms in total. The number of rotatable bonds is 13. The molecule has 0 aromatic heterocycles. The number of hydrogen-bond donors (Lipinski definition) is 2. The monoisotopic (exact) mass is 537 g/mol. The summed E-state index contributed by atoms with van der Waals surface area (Å²) in [5.74, 6) is -0.702. The van der Waals surface area contributed by atoms with E-state index in [1.807, 2.05) is 75.4 Å². The van der Waals surface area contributed by atoms with Crippen LogP contribution in [0.25, 0.3) is 0 Å². The number of amides is 3. The van der Waals surface area contributed by atoms with Crippen molar-refractivity contribution in [3.05, 3.63) is 71.3 Å². The van der Waals surface area contributed by atoms with Gasteiger partial charge in [-0.2, -0.15) is 0 Å². The van der Waals surface area contributed by atoms with Gasteiger partial charge in [-0.15, -0.1) is 0 Å². The van der Waals surface area contributed by atoms with Crippen molar-refractivity contribution in [3.8, 4) is 0 Å². The molecule has 0 aliphatic heterocycles. The van der Waals surface area contributed by atoms with Crippen LogP contribution in [0.3, 0.4) is 0 Å². The third kappa shape index (κ3) is 10.4. The van der Waals surface area contributed by atoms with E-state index in [9.17, 15) is 14.4 Å². The third-order valence-corrected chi connectivity index (χ3v) is 6.66. The number of benzene rings is 2. The first-order valence-electron chi connectivity index (χ1n) is 14.1. The number of nitrogens with zero attached hydrogens (tertiary/aromatic N) is 1. The highest BCUT2D eigenvalue weighted by Gasteiger charge is 2.37. The molecule has 214 valence electrons. The van der Waals surface area contributed by atoms with Gasteiger partial charge in [0, 0.05) is 13.1 Å². The fraction of sp³-hybridized carbons (Fsp3) is 0.531. The molecule has 3 unspecified atom stereocenters. The Balaban J connectivity index is 2.48. The first-order valence-corrected chi connectivity index (χ1v) is 14.1. The lowest BCUT2D eigenvalue weighted by atomic mass is 9.95. The minimum atomic E-state index is -0.843. The number of nitrogens with one attached hydrogen (secondary N) is 2. The van der Waals surface area contributed by atoms with Gasteiger partial charge >= 0.3 is 6.09 Å². The van der Waals surface area contributed by atoms with Crippen LogP contribution in [-0.4, -0.2) is 41.0 Å². The number of alkyl carbamates (subject to hydrolysis) is 1. The summed E-state index contributed by atoms with van der Waals surface area (Å²) in [7, 11) is 0. The Morgan fingerprint density at radius 2 is 1.67 bits per heavy atom. The summed E-state index contributed by atoms with van der Waals surface area (Å²) in [6.07, 6.45) is 2.67. The molecule has 0 radical (unpaired) electrons. The Morgan fingerprint density at radius 1 is 0.974 bits per heavy atom. The molecule has 3 amide bonds. The lowest BCUT2D eigenvalue weighted by Crippen LogP contribution is -2.55.